The smallest absolute Gasteiger partial charge is 0.141 e. The Morgan fingerprint density at radius 2 is 1.67 bits per heavy atom. The van der Waals surface area contributed by atoms with Crippen molar-refractivity contribution in [3.05, 3.63) is 137 Å². The number of furan rings is 1. The number of rotatable bonds is 3. The molecule has 3 aromatic heterocycles. The van der Waals surface area contributed by atoms with Crippen molar-refractivity contribution in [2.45, 2.75) is 44.9 Å². The summed E-state index contributed by atoms with van der Waals surface area (Å²) in [5.41, 5.74) is 14.6. The SMILES string of the molecule is CC1CC=Cc2c1c1ccccc1n2-c1c(C#N)cccc1-c1ccc2c3c(n(C4=CCCC=C4)c2c1)CCc1c-3oc2ccccc12. The van der Waals surface area contributed by atoms with Crippen molar-refractivity contribution in [2.24, 2.45) is 0 Å². The summed E-state index contributed by atoms with van der Waals surface area (Å²) >= 11 is 0. The standard InChI is InChI=1S/C44H33N3O/c1-27-11-9-19-37-41(27)34-16-5-7-18-36(34)47(37)43-29(26-45)12-10-17-31(43)28-21-22-35-39(25-28)46(30-13-3-2-4-14-30)38-24-23-33-32-15-6-8-20-40(32)48-44(33)42(35)38/h3,5-10,12-22,25,27H,2,4,11,23-24H2,1H3. The van der Waals surface area contributed by atoms with E-state index in [0.29, 0.717) is 11.5 Å². The van der Waals surface area contributed by atoms with Gasteiger partial charge >= 0.3 is 0 Å². The lowest BCUT2D eigenvalue weighted by Crippen LogP contribution is -2.08. The molecule has 0 bridgehead atoms. The second-order valence-corrected chi connectivity index (χ2v) is 13.4. The number of fused-ring (bicyclic) bond motifs is 10. The Bertz CT molecular complexity index is 2630. The third kappa shape index (κ3) is 3.76. The van der Waals surface area contributed by atoms with Crippen molar-refractivity contribution in [2.75, 3.05) is 0 Å². The lowest BCUT2D eigenvalue weighted by atomic mass is 9.90. The monoisotopic (exact) mass is 619 g/mol. The molecule has 4 aromatic carbocycles. The van der Waals surface area contributed by atoms with Gasteiger partial charge in [-0.3, -0.25) is 0 Å². The van der Waals surface area contributed by atoms with Gasteiger partial charge < -0.3 is 13.6 Å². The maximum Gasteiger partial charge on any atom is 0.141 e. The first-order chi connectivity index (χ1) is 23.7. The summed E-state index contributed by atoms with van der Waals surface area (Å²) in [6.07, 6.45) is 16.5. The Balaban J connectivity index is 1.26. The van der Waals surface area contributed by atoms with Gasteiger partial charge in [0, 0.05) is 44.2 Å². The van der Waals surface area contributed by atoms with Crippen LogP contribution >= 0.6 is 0 Å². The second-order valence-electron chi connectivity index (χ2n) is 13.4. The number of aromatic nitrogens is 2. The van der Waals surface area contributed by atoms with Crippen molar-refractivity contribution < 1.29 is 4.42 Å². The minimum atomic E-state index is 0.403. The number of nitriles is 1. The Labute approximate surface area is 279 Å². The molecule has 1 unspecified atom stereocenters. The predicted octanol–water partition coefficient (Wildman–Crippen LogP) is 11.3. The van der Waals surface area contributed by atoms with Crippen LogP contribution in [0.2, 0.25) is 0 Å². The number of aryl methyl sites for hydroxylation is 1. The molecular formula is C44H33N3O. The number of hydrogen-bond donors (Lipinski definition) is 0. The fourth-order valence-electron chi connectivity index (χ4n) is 8.67. The predicted molar refractivity (Wildman–Crippen MR) is 196 cm³/mol. The van der Waals surface area contributed by atoms with E-state index in [2.05, 4.69) is 125 Å². The highest BCUT2D eigenvalue weighted by molar-refractivity contribution is 6.05. The Morgan fingerprint density at radius 3 is 2.54 bits per heavy atom. The van der Waals surface area contributed by atoms with Crippen molar-refractivity contribution in [3.8, 4) is 34.2 Å². The maximum absolute atomic E-state index is 10.6. The van der Waals surface area contributed by atoms with Crippen molar-refractivity contribution >= 4 is 44.5 Å². The molecule has 1 atom stereocenters. The van der Waals surface area contributed by atoms with E-state index in [9.17, 15) is 5.26 Å². The van der Waals surface area contributed by atoms with Crippen LogP contribution in [-0.4, -0.2) is 9.13 Å². The summed E-state index contributed by atoms with van der Waals surface area (Å²) in [6.45, 7) is 2.31. The van der Waals surface area contributed by atoms with Gasteiger partial charge in [0.1, 0.15) is 17.4 Å². The molecule has 0 saturated carbocycles. The summed E-state index contributed by atoms with van der Waals surface area (Å²) in [5, 5.41) is 14.2. The fraction of sp³-hybridized carbons (Fsp3) is 0.159. The van der Waals surface area contributed by atoms with Crippen LogP contribution in [0.15, 0.2) is 114 Å². The minimum absolute atomic E-state index is 0.403. The second kappa shape index (κ2) is 10.4. The quantitative estimate of drug-likeness (QED) is 0.198. The molecule has 48 heavy (non-hydrogen) atoms. The fourth-order valence-corrected chi connectivity index (χ4v) is 8.67. The summed E-state index contributed by atoms with van der Waals surface area (Å²) in [5.74, 6) is 1.41. The van der Waals surface area contributed by atoms with E-state index in [-0.39, 0.29) is 0 Å². The molecule has 7 aromatic rings. The normalized spacial score (nSPS) is 16.6. The molecule has 3 aliphatic rings. The molecule has 230 valence electrons. The van der Waals surface area contributed by atoms with E-state index in [0.717, 1.165) is 65.8 Å². The van der Waals surface area contributed by atoms with Crippen molar-refractivity contribution in [1.82, 2.24) is 9.13 Å². The molecule has 0 N–H and O–H groups in total. The minimum Gasteiger partial charge on any atom is -0.456 e. The summed E-state index contributed by atoms with van der Waals surface area (Å²) in [6, 6.07) is 32.7. The van der Waals surface area contributed by atoms with Gasteiger partial charge in [-0.2, -0.15) is 5.26 Å². The van der Waals surface area contributed by atoms with E-state index < -0.39 is 0 Å². The van der Waals surface area contributed by atoms with Crippen LogP contribution in [0.1, 0.15) is 60.2 Å². The number of hydrogen-bond acceptors (Lipinski definition) is 2. The molecule has 0 saturated heterocycles. The van der Waals surface area contributed by atoms with Crippen LogP contribution in [-0.2, 0) is 12.8 Å². The molecule has 0 spiro atoms. The number of benzene rings is 4. The first-order valence-corrected chi connectivity index (χ1v) is 17.1. The Kier molecular flexibility index (Phi) is 5.90. The first-order valence-electron chi connectivity index (χ1n) is 17.1. The Morgan fingerprint density at radius 1 is 0.792 bits per heavy atom. The zero-order chi connectivity index (χ0) is 31.9. The average Bonchev–Trinajstić information content (AvgIpc) is 3.79. The van der Waals surface area contributed by atoms with E-state index in [1.165, 1.54) is 55.5 Å². The van der Waals surface area contributed by atoms with E-state index in [1.807, 2.05) is 12.1 Å². The highest BCUT2D eigenvalue weighted by Gasteiger charge is 2.31. The summed E-state index contributed by atoms with van der Waals surface area (Å²) in [7, 11) is 0. The molecule has 3 aliphatic carbocycles. The average molecular weight is 620 g/mol. The van der Waals surface area contributed by atoms with Crippen LogP contribution in [0.25, 0.3) is 72.7 Å². The molecule has 4 nitrogen and oxygen atoms in total. The zero-order valence-electron chi connectivity index (χ0n) is 26.8. The third-order valence-electron chi connectivity index (χ3n) is 10.7. The molecule has 0 amide bonds. The lowest BCUT2D eigenvalue weighted by molar-refractivity contribution is 0.620. The van der Waals surface area contributed by atoms with E-state index in [1.54, 1.807) is 0 Å². The van der Waals surface area contributed by atoms with Gasteiger partial charge in [0.2, 0.25) is 0 Å². The molecule has 10 rings (SSSR count). The molecular weight excluding hydrogens is 587 g/mol. The molecule has 0 fully saturated rings. The number of allylic oxidation sites excluding steroid dienone is 5. The van der Waals surface area contributed by atoms with Crippen LogP contribution in [0.4, 0.5) is 0 Å². The largest absolute Gasteiger partial charge is 0.456 e. The van der Waals surface area contributed by atoms with Crippen LogP contribution < -0.4 is 0 Å². The van der Waals surface area contributed by atoms with Crippen molar-refractivity contribution in [1.29, 1.82) is 5.26 Å². The van der Waals surface area contributed by atoms with Gasteiger partial charge in [0.25, 0.3) is 0 Å². The highest BCUT2D eigenvalue weighted by Crippen LogP contribution is 2.48. The highest BCUT2D eigenvalue weighted by atomic mass is 16.3. The lowest BCUT2D eigenvalue weighted by Gasteiger charge is -2.20. The van der Waals surface area contributed by atoms with Gasteiger partial charge in [-0.15, -0.1) is 0 Å². The molecule has 4 heteroatoms. The van der Waals surface area contributed by atoms with Gasteiger partial charge in [-0.25, -0.2) is 0 Å². The number of para-hydroxylation sites is 3. The Hall–Kier alpha value is -5.79. The van der Waals surface area contributed by atoms with Gasteiger partial charge in [-0.1, -0.05) is 85.8 Å². The summed E-state index contributed by atoms with van der Waals surface area (Å²) < 4.78 is 11.5. The third-order valence-corrected chi connectivity index (χ3v) is 10.7. The topological polar surface area (TPSA) is 46.8 Å². The van der Waals surface area contributed by atoms with Crippen molar-refractivity contribution in [3.63, 3.8) is 0 Å². The maximum atomic E-state index is 10.6. The zero-order valence-corrected chi connectivity index (χ0v) is 26.8. The van der Waals surface area contributed by atoms with E-state index >= 15 is 0 Å². The molecule has 3 heterocycles. The van der Waals surface area contributed by atoms with Gasteiger partial charge in [-0.05, 0) is 85.6 Å². The van der Waals surface area contributed by atoms with Gasteiger partial charge in [0.15, 0.2) is 0 Å². The van der Waals surface area contributed by atoms with Crippen LogP contribution in [0, 0.1) is 11.3 Å². The van der Waals surface area contributed by atoms with Gasteiger partial charge in [0.05, 0.1) is 28.0 Å². The number of nitrogens with zero attached hydrogens (tertiary/aromatic N) is 3. The summed E-state index contributed by atoms with van der Waals surface area (Å²) in [4.78, 5) is 0. The molecule has 0 aliphatic heterocycles. The first kappa shape index (κ1) is 27.3. The van der Waals surface area contributed by atoms with Crippen LogP contribution in [0.5, 0.6) is 0 Å². The van der Waals surface area contributed by atoms with Crippen LogP contribution in [0.3, 0.4) is 0 Å². The van der Waals surface area contributed by atoms with E-state index in [4.69, 9.17) is 4.42 Å². The molecule has 0 radical (unpaired) electrons.